The summed E-state index contributed by atoms with van der Waals surface area (Å²) in [4.78, 5) is 2.10. The first-order chi connectivity index (χ1) is 9.10. The lowest BCUT2D eigenvalue weighted by molar-refractivity contribution is 0.921. The molecular weight excluding hydrogens is 279 g/mol. The second-order valence-corrected chi connectivity index (χ2v) is 5.32. The number of hydrogen-bond donors (Lipinski definition) is 1. The molecule has 0 aliphatic rings. The fraction of sp³-hybridized carbons (Fsp3) is 0.200. The molecule has 0 radical (unpaired) electrons. The summed E-state index contributed by atoms with van der Waals surface area (Å²) in [5.74, 6) is 0. The molecule has 0 saturated carbocycles. The number of nitrogens with zero attached hydrogens (tertiary/aromatic N) is 1. The molecule has 2 aromatic rings. The van der Waals surface area contributed by atoms with E-state index in [2.05, 4.69) is 4.90 Å². The zero-order chi connectivity index (χ0) is 13.8. The second-order valence-electron chi connectivity index (χ2n) is 4.47. The Hall–Kier alpha value is -1.22. The van der Waals surface area contributed by atoms with Gasteiger partial charge >= 0.3 is 0 Å². The lowest BCUT2D eigenvalue weighted by Gasteiger charge is -2.21. The van der Waals surface area contributed by atoms with Crippen LogP contribution in [0.2, 0.25) is 10.0 Å². The van der Waals surface area contributed by atoms with Crippen molar-refractivity contribution in [1.29, 1.82) is 0 Å². The molecule has 0 aliphatic heterocycles. The first kappa shape index (κ1) is 14.2. The van der Waals surface area contributed by atoms with Crippen molar-refractivity contribution in [3.05, 3.63) is 63.6 Å². The van der Waals surface area contributed by atoms with Crippen LogP contribution in [0.3, 0.4) is 0 Å². The maximum atomic E-state index is 6.28. The summed E-state index contributed by atoms with van der Waals surface area (Å²) in [7, 11) is 2.01. The summed E-state index contributed by atoms with van der Waals surface area (Å²) < 4.78 is 0. The zero-order valence-corrected chi connectivity index (χ0v) is 12.2. The van der Waals surface area contributed by atoms with E-state index in [9.17, 15) is 0 Å². The average molecular weight is 295 g/mol. The SMILES string of the molecule is CN(Cc1ccc(Cl)cc1)c1ccc(CN)cc1Cl. The van der Waals surface area contributed by atoms with Crippen LogP contribution in [0, 0.1) is 0 Å². The van der Waals surface area contributed by atoms with Crippen molar-refractivity contribution in [2.24, 2.45) is 5.73 Å². The number of nitrogens with two attached hydrogens (primary N) is 1. The monoisotopic (exact) mass is 294 g/mol. The Balaban J connectivity index is 2.15. The van der Waals surface area contributed by atoms with Gasteiger partial charge in [0.1, 0.15) is 0 Å². The molecule has 2 aromatic carbocycles. The quantitative estimate of drug-likeness (QED) is 0.920. The highest BCUT2D eigenvalue weighted by atomic mass is 35.5. The van der Waals surface area contributed by atoms with E-state index in [-0.39, 0.29) is 0 Å². The second kappa shape index (κ2) is 6.29. The minimum absolute atomic E-state index is 0.501. The van der Waals surface area contributed by atoms with Crippen LogP contribution in [0.25, 0.3) is 0 Å². The van der Waals surface area contributed by atoms with Gasteiger partial charge in [-0.2, -0.15) is 0 Å². The first-order valence-electron chi connectivity index (χ1n) is 6.04. The molecule has 0 amide bonds. The van der Waals surface area contributed by atoms with Crippen LogP contribution in [0.1, 0.15) is 11.1 Å². The van der Waals surface area contributed by atoms with Gasteiger partial charge in [-0.1, -0.05) is 41.4 Å². The van der Waals surface area contributed by atoms with E-state index in [0.717, 1.165) is 27.8 Å². The maximum Gasteiger partial charge on any atom is 0.0642 e. The van der Waals surface area contributed by atoms with Crippen LogP contribution >= 0.6 is 23.2 Å². The molecule has 2 N–H and O–H groups in total. The maximum absolute atomic E-state index is 6.28. The van der Waals surface area contributed by atoms with Gasteiger partial charge in [-0.25, -0.2) is 0 Å². The molecule has 2 nitrogen and oxygen atoms in total. The van der Waals surface area contributed by atoms with E-state index >= 15 is 0 Å². The van der Waals surface area contributed by atoms with E-state index in [1.54, 1.807) is 0 Å². The Bertz CT molecular complexity index is 553. The van der Waals surface area contributed by atoms with Gasteiger partial charge in [0.2, 0.25) is 0 Å². The molecule has 0 bridgehead atoms. The van der Waals surface area contributed by atoms with Gasteiger partial charge in [-0.15, -0.1) is 0 Å². The summed E-state index contributed by atoms with van der Waals surface area (Å²) >= 11 is 12.2. The van der Waals surface area contributed by atoms with Crippen molar-refractivity contribution in [2.75, 3.05) is 11.9 Å². The topological polar surface area (TPSA) is 29.3 Å². The van der Waals surface area contributed by atoms with E-state index < -0.39 is 0 Å². The molecule has 4 heteroatoms. The van der Waals surface area contributed by atoms with Gasteiger partial charge < -0.3 is 10.6 Å². The fourth-order valence-corrected chi connectivity index (χ4v) is 2.41. The smallest absolute Gasteiger partial charge is 0.0642 e. The third-order valence-electron chi connectivity index (χ3n) is 2.99. The summed E-state index contributed by atoms with van der Waals surface area (Å²) in [5, 5.41) is 1.47. The number of rotatable bonds is 4. The van der Waals surface area contributed by atoms with Crippen molar-refractivity contribution in [2.45, 2.75) is 13.1 Å². The number of anilines is 1. The van der Waals surface area contributed by atoms with Crippen LogP contribution in [0.15, 0.2) is 42.5 Å². The largest absolute Gasteiger partial charge is 0.369 e. The van der Waals surface area contributed by atoms with E-state index in [0.29, 0.717) is 6.54 Å². The number of hydrogen-bond acceptors (Lipinski definition) is 2. The Morgan fingerprint density at radius 1 is 1.00 bits per heavy atom. The molecule has 0 unspecified atom stereocenters. The van der Waals surface area contributed by atoms with Gasteiger partial charge in [0.25, 0.3) is 0 Å². The molecular formula is C15H16Cl2N2. The van der Waals surface area contributed by atoms with Gasteiger partial charge in [-0.3, -0.25) is 0 Å². The summed E-state index contributed by atoms with van der Waals surface area (Å²) in [6.45, 7) is 1.28. The van der Waals surface area contributed by atoms with E-state index in [1.165, 1.54) is 5.56 Å². The third kappa shape index (κ3) is 3.63. The summed E-state index contributed by atoms with van der Waals surface area (Å²) in [5.41, 5.74) is 8.81. The Morgan fingerprint density at radius 3 is 2.21 bits per heavy atom. The standard InChI is InChI=1S/C15H16Cl2N2/c1-19(10-11-2-5-13(16)6-3-11)15-7-4-12(9-18)8-14(15)17/h2-8H,9-10,18H2,1H3. The number of halogens is 2. The minimum atomic E-state index is 0.501. The molecule has 0 fully saturated rings. The van der Waals surface area contributed by atoms with Crippen LogP contribution in [0.4, 0.5) is 5.69 Å². The molecule has 2 rings (SSSR count). The predicted molar refractivity (Wildman–Crippen MR) is 82.9 cm³/mol. The normalized spacial score (nSPS) is 10.5. The molecule has 0 spiro atoms. The van der Waals surface area contributed by atoms with E-state index in [1.807, 2.05) is 49.5 Å². The highest BCUT2D eigenvalue weighted by molar-refractivity contribution is 6.33. The molecule has 0 heterocycles. The fourth-order valence-electron chi connectivity index (χ4n) is 1.94. The Kier molecular flexibility index (Phi) is 4.70. The van der Waals surface area contributed by atoms with Crippen LogP contribution in [0.5, 0.6) is 0 Å². The lowest BCUT2D eigenvalue weighted by Crippen LogP contribution is -2.16. The number of benzene rings is 2. The molecule has 0 atom stereocenters. The average Bonchev–Trinajstić information content (AvgIpc) is 2.41. The highest BCUT2D eigenvalue weighted by Gasteiger charge is 2.07. The molecule has 0 aliphatic carbocycles. The Morgan fingerprint density at radius 2 is 1.63 bits per heavy atom. The molecule has 19 heavy (non-hydrogen) atoms. The highest BCUT2D eigenvalue weighted by Crippen LogP contribution is 2.27. The van der Waals surface area contributed by atoms with E-state index in [4.69, 9.17) is 28.9 Å². The van der Waals surface area contributed by atoms with Crippen molar-refractivity contribution < 1.29 is 0 Å². The van der Waals surface area contributed by atoms with Crippen molar-refractivity contribution in [1.82, 2.24) is 0 Å². The van der Waals surface area contributed by atoms with Gasteiger partial charge in [0, 0.05) is 25.2 Å². The zero-order valence-electron chi connectivity index (χ0n) is 10.7. The van der Waals surface area contributed by atoms with Crippen LogP contribution in [-0.4, -0.2) is 7.05 Å². The predicted octanol–water partition coefficient (Wildman–Crippen LogP) is 4.09. The molecule has 100 valence electrons. The van der Waals surface area contributed by atoms with Crippen molar-refractivity contribution >= 4 is 28.9 Å². The van der Waals surface area contributed by atoms with Crippen molar-refractivity contribution in [3.63, 3.8) is 0 Å². The van der Waals surface area contributed by atoms with Gasteiger partial charge in [-0.05, 0) is 35.4 Å². The third-order valence-corrected chi connectivity index (χ3v) is 3.55. The molecule has 0 saturated heterocycles. The van der Waals surface area contributed by atoms with Crippen LogP contribution < -0.4 is 10.6 Å². The van der Waals surface area contributed by atoms with Gasteiger partial charge in [0.05, 0.1) is 10.7 Å². The first-order valence-corrected chi connectivity index (χ1v) is 6.80. The summed E-state index contributed by atoms with van der Waals surface area (Å²) in [6.07, 6.45) is 0. The van der Waals surface area contributed by atoms with Crippen molar-refractivity contribution in [3.8, 4) is 0 Å². The molecule has 0 aromatic heterocycles. The minimum Gasteiger partial charge on any atom is -0.369 e. The van der Waals surface area contributed by atoms with Gasteiger partial charge in [0.15, 0.2) is 0 Å². The van der Waals surface area contributed by atoms with Crippen LogP contribution in [-0.2, 0) is 13.1 Å². The Labute approximate surface area is 123 Å². The lowest BCUT2D eigenvalue weighted by atomic mass is 10.1. The summed E-state index contributed by atoms with van der Waals surface area (Å²) in [6, 6.07) is 13.7.